The summed E-state index contributed by atoms with van der Waals surface area (Å²) in [5, 5.41) is 3.08. The van der Waals surface area contributed by atoms with Crippen LogP contribution < -0.4 is 5.32 Å². The van der Waals surface area contributed by atoms with Gasteiger partial charge in [-0.05, 0) is 37.1 Å². The molecule has 66 valence electrons. The normalized spacial score (nSPS) is 9.15. The van der Waals surface area contributed by atoms with E-state index in [-0.39, 0.29) is 32.7 Å². The minimum Gasteiger partial charge on any atom is -0.540 e. The molecule has 0 aliphatic carbocycles. The summed E-state index contributed by atoms with van der Waals surface area (Å²) in [5.74, 6) is 0. The summed E-state index contributed by atoms with van der Waals surface area (Å²) in [5.41, 5.74) is 3.65. The van der Waals surface area contributed by atoms with Gasteiger partial charge < -0.3 is 10.1 Å². The quantitative estimate of drug-likeness (QED) is 0.660. The number of aryl methyl sites for hydroxylation is 2. The number of rotatable bonds is 3. The molecular formula is C10H14NOY+2. The Balaban J connectivity index is 0.00000144. The van der Waals surface area contributed by atoms with E-state index in [1.54, 1.807) is 0 Å². The topological polar surface area (TPSA) is 21.3 Å². The van der Waals surface area contributed by atoms with Crippen molar-refractivity contribution in [2.24, 2.45) is 0 Å². The Morgan fingerprint density at radius 2 is 2.00 bits per heavy atom. The van der Waals surface area contributed by atoms with Gasteiger partial charge in [0.05, 0.1) is 6.73 Å². The van der Waals surface area contributed by atoms with E-state index >= 15 is 0 Å². The molecule has 0 aromatic heterocycles. The van der Waals surface area contributed by atoms with E-state index < -0.39 is 0 Å². The molecule has 0 fully saturated rings. The molecule has 1 aromatic carbocycles. The second-order valence-electron chi connectivity index (χ2n) is 2.82. The zero-order valence-corrected chi connectivity index (χ0v) is 11.0. The Bertz CT molecular complexity index is 263. The first-order valence-corrected chi connectivity index (χ1v) is 3.92. The summed E-state index contributed by atoms with van der Waals surface area (Å²) in [6.07, 6.45) is 0. The maximum absolute atomic E-state index is 4.65. The van der Waals surface area contributed by atoms with Crippen molar-refractivity contribution in [3.63, 3.8) is 0 Å². The second kappa shape index (κ2) is 6.52. The molecule has 3 heteroatoms. The van der Waals surface area contributed by atoms with Crippen LogP contribution in [0.15, 0.2) is 18.2 Å². The number of hydrogen-bond donors (Lipinski definition) is 1. The van der Waals surface area contributed by atoms with E-state index in [2.05, 4.69) is 43.1 Å². The molecule has 0 aliphatic heterocycles. The second-order valence-corrected chi connectivity index (χ2v) is 2.82. The van der Waals surface area contributed by atoms with Crippen molar-refractivity contribution in [1.29, 1.82) is 0 Å². The number of benzene rings is 1. The minimum atomic E-state index is 0. The fourth-order valence-electron chi connectivity index (χ4n) is 0.986. The molecule has 1 aromatic rings. The first-order chi connectivity index (χ1) is 5.74. The van der Waals surface area contributed by atoms with E-state index in [9.17, 15) is 0 Å². The van der Waals surface area contributed by atoms with Crippen molar-refractivity contribution < 1.29 is 37.4 Å². The zero-order valence-electron chi connectivity index (χ0n) is 8.13. The Morgan fingerprint density at radius 3 is 2.54 bits per heavy atom. The Kier molecular flexibility index (Phi) is 6.57. The van der Waals surface area contributed by atoms with Gasteiger partial charge in [0.15, 0.2) is 0 Å². The van der Waals surface area contributed by atoms with E-state index in [1.165, 1.54) is 11.1 Å². The van der Waals surface area contributed by atoms with Gasteiger partial charge in [-0.25, -0.2) is 7.11 Å². The van der Waals surface area contributed by atoms with Gasteiger partial charge in [0.1, 0.15) is 0 Å². The molecule has 1 rings (SSSR count). The summed E-state index contributed by atoms with van der Waals surface area (Å²) >= 11 is 0. The van der Waals surface area contributed by atoms with Crippen molar-refractivity contribution >= 4 is 5.69 Å². The van der Waals surface area contributed by atoms with Crippen LogP contribution in [0.1, 0.15) is 11.1 Å². The van der Waals surface area contributed by atoms with Gasteiger partial charge in [0.2, 0.25) is 0 Å². The fourth-order valence-corrected chi connectivity index (χ4v) is 0.986. The van der Waals surface area contributed by atoms with Gasteiger partial charge in [-0.3, -0.25) is 0 Å². The van der Waals surface area contributed by atoms with E-state index in [4.69, 9.17) is 0 Å². The van der Waals surface area contributed by atoms with Crippen molar-refractivity contribution in [3.05, 3.63) is 36.4 Å². The number of ether oxygens (including phenoxy) is 1. The smallest absolute Gasteiger partial charge is 0.540 e. The van der Waals surface area contributed by atoms with Gasteiger partial charge in [-0.15, -0.1) is 0 Å². The van der Waals surface area contributed by atoms with Crippen molar-refractivity contribution in [3.8, 4) is 0 Å². The van der Waals surface area contributed by atoms with Crippen LogP contribution >= 0.6 is 0 Å². The Morgan fingerprint density at radius 1 is 1.31 bits per heavy atom. The molecule has 2 nitrogen and oxygen atoms in total. The summed E-state index contributed by atoms with van der Waals surface area (Å²) in [6, 6.07) is 6.20. The maximum atomic E-state index is 4.65. The zero-order chi connectivity index (χ0) is 8.97. The van der Waals surface area contributed by atoms with Crippen molar-refractivity contribution in [2.75, 3.05) is 12.0 Å². The molecule has 0 atom stereocenters. The molecule has 0 bridgehead atoms. The Hall–Kier alpha value is 0.0839. The van der Waals surface area contributed by atoms with Crippen LogP contribution in [0.5, 0.6) is 0 Å². The van der Waals surface area contributed by atoms with Crippen molar-refractivity contribution in [2.45, 2.75) is 13.8 Å². The molecule has 0 heterocycles. The number of anilines is 1. The van der Waals surface area contributed by atoms with Crippen LogP contribution in [-0.2, 0) is 37.4 Å². The maximum Gasteiger partial charge on any atom is 3.00 e. The van der Waals surface area contributed by atoms with Gasteiger partial charge in [0, 0.05) is 5.69 Å². The van der Waals surface area contributed by atoms with Crippen LogP contribution in [0.4, 0.5) is 5.69 Å². The average molecular weight is 253 g/mol. The van der Waals surface area contributed by atoms with Gasteiger partial charge >= 0.3 is 32.7 Å². The molecular weight excluding hydrogens is 239 g/mol. The molecule has 0 spiro atoms. The minimum absolute atomic E-state index is 0. The van der Waals surface area contributed by atoms with Crippen LogP contribution in [0, 0.1) is 21.0 Å². The SMILES string of the molecule is [CH2-]OCNc1ccc(C)c(C)c1.[Y+3]. The van der Waals surface area contributed by atoms with E-state index in [1.807, 2.05) is 6.07 Å². The van der Waals surface area contributed by atoms with Crippen LogP contribution in [0.3, 0.4) is 0 Å². The monoisotopic (exact) mass is 253 g/mol. The third-order valence-electron chi connectivity index (χ3n) is 1.89. The average Bonchev–Trinajstić information content (AvgIpc) is 2.07. The molecule has 0 aliphatic rings. The van der Waals surface area contributed by atoms with Crippen LogP contribution in [0.2, 0.25) is 0 Å². The van der Waals surface area contributed by atoms with E-state index in [0.717, 1.165) is 5.69 Å². The van der Waals surface area contributed by atoms with Gasteiger partial charge in [-0.2, -0.15) is 0 Å². The van der Waals surface area contributed by atoms with Crippen LogP contribution in [-0.4, -0.2) is 6.73 Å². The first kappa shape index (κ1) is 13.1. The summed E-state index contributed by atoms with van der Waals surface area (Å²) in [6.45, 7) is 4.63. The largest absolute Gasteiger partial charge is 3.00 e. The summed E-state index contributed by atoms with van der Waals surface area (Å²) in [7, 11) is 3.28. The molecule has 0 unspecified atom stereocenters. The predicted octanol–water partition coefficient (Wildman–Crippen LogP) is 2.48. The summed E-state index contributed by atoms with van der Waals surface area (Å²) in [4.78, 5) is 0. The van der Waals surface area contributed by atoms with Crippen LogP contribution in [0.25, 0.3) is 0 Å². The molecule has 0 saturated heterocycles. The van der Waals surface area contributed by atoms with E-state index in [0.29, 0.717) is 6.73 Å². The Labute approximate surface area is 105 Å². The third-order valence-corrected chi connectivity index (χ3v) is 1.89. The number of hydrogen-bond acceptors (Lipinski definition) is 2. The fraction of sp³-hybridized carbons (Fsp3) is 0.300. The van der Waals surface area contributed by atoms with Crippen molar-refractivity contribution in [1.82, 2.24) is 0 Å². The van der Waals surface area contributed by atoms with Gasteiger partial charge in [-0.1, -0.05) is 6.07 Å². The number of nitrogens with one attached hydrogen (secondary N) is 1. The first-order valence-electron chi connectivity index (χ1n) is 3.92. The third kappa shape index (κ3) is 4.21. The standard InChI is InChI=1S/C10H14NO.Y/c1-8-4-5-10(6-9(8)2)11-7-12-3;/h4-6,11H,3,7H2,1-2H3;/q-1;+3. The molecule has 0 radical (unpaired) electrons. The van der Waals surface area contributed by atoms with Gasteiger partial charge in [0.25, 0.3) is 0 Å². The molecule has 1 N–H and O–H groups in total. The molecule has 0 saturated carbocycles. The summed E-state index contributed by atoms with van der Waals surface area (Å²) < 4.78 is 4.65. The molecule has 0 amide bonds. The molecule has 13 heavy (non-hydrogen) atoms. The predicted molar refractivity (Wildman–Crippen MR) is 50.8 cm³/mol.